The SMILES string of the molecule is CC(CBr)=C(C(=O)OCc1ccccc1)N1C(=O)C(Br)(Br)C1Br. The van der Waals surface area contributed by atoms with Crippen molar-refractivity contribution < 1.29 is 14.3 Å². The van der Waals surface area contributed by atoms with Crippen LogP contribution in [0.25, 0.3) is 0 Å². The van der Waals surface area contributed by atoms with Gasteiger partial charge in [0.2, 0.25) is 0 Å². The molecule has 0 saturated carbocycles. The number of esters is 1. The average molecular weight is 575 g/mol. The normalized spacial score (nSPS) is 20.7. The number of halogens is 4. The monoisotopic (exact) mass is 571 g/mol. The lowest BCUT2D eigenvalue weighted by Gasteiger charge is -2.47. The highest BCUT2D eigenvalue weighted by Crippen LogP contribution is 2.49. The van der Waals surface area contributed by atoms with Crippen molar-refractivity contribution in [1.82, 2.24) is 4.90 Å². The molecule has 0 radical (unpaired) electrons. The van der Waals surface area contributed by atoms with Crippen molar-refractivity contribution in [3.63, 3.8) is 0 Å². The van der Waals surface area contributed by atoms with Crippen molar-refractivity contribution in [3.8, 4) is 0 Å². The average Bonchev–Trinajstić information content (AvgIpc) is 2.56. The number of alkyl halides is 4. The predicted octanol–water partition coefficient (Wildman–Crippen LogP) is 4.45. The second kappa shape index (κ2) is 7.80. The van der Waals surface area contributed by atoms with Gasteiger partial charge in [0.15, 0.2) is 3.23 Å². The van der Waals surface area contributed by atoms with Gasteiger partial charge in [0, 0.05) is 5.33 Å². The van der Waals surface area contributed by atoms with Crippen LogP contribution in [0.3, 0.4) is 0 Å². The maximum absolute atomic E-state index is 12.5. The van der Waals surface area contributed by atoms with Crippen LogP contribution in [0, 0.1) is 0 Å². The number of β-lactam (4-membered cyclic amide) rings is 1. The fraction of sp³-hybridized carbons (Fsp3) is 0.333. The Balaban J connectivity index is 2.17. The number of benzene rings is 1. The van der Waals surface area contributed by atoms with Crippen molar-refractivity contribution in [2.45, 2.75) is 21.7 Å². The molecule has 8 heteroatoms. The number of amides is 1. The van der Waals surface area contributed by atoms with Crippen molar-refractivity contribution in [2.75, 3.05) is 5.33 Å². The van der Waals surface area contributed by atoms with E-state index in [-0.39, 0.29) is 18.2 Å². The number of likely N-dealkylation sites (tertiary alicyclic amines) is 1. The van der Waals surface area contributed by atoms with Gasteiger partial charge in [-0.15, -0.1) is 0 Å². The van der Waals surface area contributed by atoms with E-state index in [4.69, 9.17) is 4.74 Å². The van der Waals surface area contributed by atoms with Crippen LogP contribution in [0.4, 0.5) is 0 Å². The Labute approximate surface area is 168 Å². The molecule has 1 aromatic carbocycles. The third-order valence-electron chi connectivity index (χ3n) is 3.28. The molecule has 1 atom stereocenters. The number of carbonyl (C=O) groups is 2. The highest BCUT2D eigenvalue weighted by atomic mass is 79.9. The van der Waals surface area contributed by atoms with Gasteiger partial charge in [0.25, 0.3) is 5.91 Å². The Kier molecular flexibility index (Phi) is 6.49. The first kappa shape index (κ1) is 19.1. The van der Waals surface area contributed by atoms with Gasteiger partial charge in [-0.1, -0.05) is 94.1 Å². The summed E-state index contributed by atoms with van der Waals surface area (Å²) < 4.78 is 4.47. The number of nitrogens with zero attached hydrogens (tertiary/aromatic N) is 1. The zero-order valence-electron chi connectivity index (χ0n) is 12.1. The maximum Gasteiger partial charge on any atom is 0.355 e. The first-order chi connectivity index (χ1) is 10.8. The van der Waals surface area contributed by atoms with Gasteiger partial charge in [-0.3, -0.25) is 9.69 Å². The third-order valence-corrected chi connectivity index (χ3v) is 7.99. The minimum Gasteiger partial charge on any atom is -0.456 e. The molecule has 1 aromatic rings. The minimum atomic E-state index is -0.905. The van der Waals surface area contributed by atoms with E-state index in [1.807, 2.05) is 30.3 Å². The van der Waals surface area contributed by atoms with E-state index in [9.17, 15) is 9.59 Å². The molecule has 2 rings (SSSR count). The molecule has 1 unspecified atom stereocenters. The van der Waals surface area contributed by atoms with Crippen LogP contribution in [-0.4, -0.2) is 30.3 Å². The fourth-order valence-corrected chi connectivity index (χ4v) is 3.65. The van der Waals surface area contributed by atoms with Gasteiger partial charge in [0.1, 0.15) is 17.3 Å². The molecule has 1 saturated heterocycles. The Morgan fingerprint density at radius 2 is 1.91 bits per heavy atom. The molecule has 0 bridgehead atoms. The van der Waals surface area contributed by atoms with E-state index in [1.54, 1.807) is 6.92 Å². The van der Waals surface area contributed by atoms with Crippen molar-refractivity contribution in [3.05, 3.63) is 47.2 Å². The molecule has 0 N–H and O–H groups in total. The summed E-state index contributed by atoms with van der Waals surface area (Å²) in [4.78, 5) is 25.8. The molecule has 1 heterocycles. The molecule has 124 valence electrons. The molecule has 1 fully saturated rings. The van der Waals surface area contributed by atoms with Gasteiger partial charge in [-0.05, 0) is 18.1 Å². The van der Waals surface area contributed by atoms with E-state index in [1.165, 1.54) is 4.90 Å². The topological polar surface area (TPSA) is 46.6 Å². The third kappa shape index (κ3) is 3.91. The van der Waals surface area contributed by atoms with Crippen LogP contribution in [-0.2, 0) is 20.9 Å². The predicted molar refractivity (Wildman–Crippen MR) is 103 cm³/mol. The summed E-state index contributed by atoms with van der Waals surface area (Å²) in [5.41, 5.74) is 1.85. The Bertz CT molecular complexity index is 645. The van der Waals surface area contributed by atoms with Gasteiger partial charge in [-0.25, -0.2) is 4.79 Å². The van der Waals surface area contributed by atoms with Gasteiger partial charge >= 0.3 is 5.97 Å². The van der Waals surface area contributed by atoms with Crippen LogP contribution in [0.1, 0.15) is 12.5 Å². The number of allylic oxidation sites excluding steroid dienone is 1. The number of hydrogen-bond acceptors (Lipinski definition) is 3. The smallest absolute Gasteiger partial charge is 0.355 e. The molecule has 1 amide bonds. The van der Waals surface area contributed by atoms with Crippen molar-refractivity contribution >= 4 is 75.6 Å². The van der Waals surface area contributed by atoms with E-state index < -0.39 is 14.2 Å². The molecule has 0 spiro atoms. The standard InChI is InChI=1S/C15H13Br4NO3/c1-9(7-16)11(20-13(17)15(18,19)14(20)22)12(21)23-8-10-5-3-2-4-6-10/h2-6,13H,7-8H2,1H3. The largest absolute Gasteiger partial charge is 0.456 e. The van der Waals surface area contributed by atoms with Gasteiger partial charge < -0.3 is 4.74 Å². The summed E-state index contributed by atoms with van der Waals surface area (Å²) in [6.07, 6.45) is 0. The number of rotatable bonds is 5. The minimum absolute atomic E-state index is 0.154. The molecule has 23 heavy (non-hydrogen) atoms. The van der Waals surface area contributed by atoms with Crippen LogP contribution in [0.2, 0.25) is 0 Å². The van der Waals surface area contributed by atoms with E-state index in [0.717, 1.165) is 11.1 Å². The van der Waals surface area contributed by atoms with Crippen LogP contribution in [0.5, 0.6) is 0 Å². The van der Waals surface area contributed by atoms with E-state index in [2.05, 4.69) is 63.7 Å². The van der Waals surface area contributed by atoms with Crippen molar-refractivity contribution in [1.29, 1.82) is 0 Å². The zero-order chi connectivity index (χ0) is 17.2. The van der Waals surface area contributed by atoms with Gasteiger partial charge in [0.05, 0.1) is 0 Å². The molecule has 4 nitrogen and oxygen atoms in total. The molecule has 0 aromatic heterocycles. The van der Waals surface area contributed by atoms with E-state index in [0.29, 0.717) is 5.33 Å². The highest BCUT2D eigenvalue weighted by molar-refractivity contribution is 9.26. The molecule has 1 aliphatic heterocycles. The molecule has 1 aliphatic rings. The second-order valence-corrected chi connectivity index (χ2v) is 9.95. The molecule has 0 aliphatic carbocycles. The quantitative estimate of drug-likeness (QED) is 0.172. The lowest BCUT2D eigenvalue weighted by molar-refractivity contribution is -0.149. The summed E-state index contributed by atoms with van der Waals surface area (Å²) in [6.45, 7) is 1.94. The Morgan fingerprint density at radius 3 is 2.43 bits per heavy atom. The lowest BCUT2D eigenvalue weighted by atomic mass is 10.1. The van der Waals surface area contributed by atoms with Crippen LogP contribution >= 0.6 is 63.7 Å². The lowest BCUT2D eigenvalue weighted by Crippen LogP contribution is -2.65. The summed E-state index contributed by atoms with van der Waals surface area (Å²) in [5, 5.41) is 0.462. The van der Waals surface area contributed by atoms with Gasteiger partial charge in [-0.2, -0.15) is 0 Å². The first-order valence-electron chi connectivity index (χ1n) is 6.63. The van der Waals surface area contributed by atoms with Crippen molar-refractivity contribution in [2.24, 2.45) is 0 Å². The first-order valence-corrected chi connectivity index (χ1v) is 10.2. The van der Waals surface area contributed by atoms with E-state index >= 15 is 0 Å². The second-order valence-electron chi connectivity index (χ2n) is 4.96. The maximum atomic E-state index is 12.5. The number of carbonyl (C=O) groups excluding carboxylic acids is 2. The summed E-state index contributed by atoms with van der Waals surface area (Å²) in [7, 11) is 0. The van der Waals surface area contributed by atoms with Crippen LogP contribution < -0.4 is 0 Å². The summed E-state index contributed by atoms with van der Waals surface area (Å²) in [5.74, 6) is -0.787. The molecular weight excluding hydrogens is 562 g/mol. The Hall–Kier alpha value is -0.180. The number of hydrogen-bond donors (Lipinski definition) is 0. The highest BCUT2D eigenvalue weighted by Gasteiger charge is 2.59. The fourth-order valence-electron chi connectivity index (χ4n) is 2.01. The summed E-state index contributed by atoms with van der Waals surface area (Å²) >= 11 is 13.3. The molecular formula is C15H13Br4NO3. The Morgan fingerprint density at radius 1 is 1.30 bits per heavy atom. The zero-order valence-corrected chi connectivity index (χ0v) is 18.4. The number of ether oxygens (including phenoxy) is 1. The van der Waals surface area contributed by atoms with Crippen LogP contribution in [0.15, 0.2) is 41.6 Å². The summed E-state index contributed by atoms with van der Waals surface area (Å²) in [6, 6.07) is 9.39.